The van der Waals surface area contributed by atoms with E-state index in [0.29, 0.717) is 6.42 Å². The van der Waals surface area contributed by atoms with Gasteiger partial charge in [-0.2, -0.15) is 9.97 Å². The van der Waals surface area contributed by atoms with Gasteiger partial charge >= 0.3 is 0 Å². The largest absolute Gasteiger partial charge is 0.394 e. The van der Waals surface area contributed by atoms with Gasteiger partial charge in [0.1, 0.15) is 30.5 Å². The number of anilines is 2. The Bertz CT molecular complexity index is 1830. The summed E-state index contributed by atoms with van der Waals surface area (Å²) in [5.74, 6) is -1.31. The third-order valence-electron chi connectivity index (χ3n) is 8.20. The summed E-state index contributed by atoms with van der Waals surface area (Å²) < 4.78 is 13.8. The van der Waals surface area contributed by atoms with E-state index in [-0.39, 0.29) is 57.9 Å². The number of nitrogens with one attached hydrogen (secondary N) is 4. The van der Waals surface area contributed by atoms with Crippen LogP contribution in [0.3, 0.4) is 0 Å². The predicted molar refractivity (Wildman–Crippen MR) is 172 cm³/mol. The van der Waals surface area contributed by atoms with E-state index in [4.69, 9.17) is 9.47 Å². The van der Waals surface area contributed by atoms with E-state index in [9.17, 15) is 44.7 Å². The Morgan fingerprint density at radius 1 is 0.760 bits per heavy atom. The van der Waals surface area contributed by atoms with Crippen molar-refractivity contribution in [2.24, 2.45) is 11.8 Å². The first kappa shape index (κ1) is 36.6. The zero-order valence-electron chi connectivity index (χ0n) is 27.7. The molecule has 2 amide bonds. The maximum atomic E-state index is 12.2. The molecule has 8 atom stereocenters. The van der Waals surface area contributed by atoms with Gasteiger partial charge in [-0.1, -0.05) is 34.6 Å². The summed E-state index contributed by atoms with van der Waals surface area (Å²) in [5, 5.41) is 54.5. The number of carbonyl (C=O) groups excluding carboxylic acids is 2. The number of rotatable bonds is 8. The molecule has 21 nitrogen and oxygen atoms in total. The van der Waals surface area contributed by atoms with Crippen LogP contribution < -0.4 is 21.8 Å². The molecular formula is C29H40N10O11. The van der Waals surface area contributed by atoms with E-state index in [1.54, 1.807) is 27.7 Å². The van der Waals surface area contributed by atoms with Gasteiger partial charge in [0.2, 0.25) is 23.7 Å². The van der Waals surface area contributed by atoms with Crippen molar-refractivity contribution in [3.05, 3.63) is 33.4 Å². The van der Waals surface area contributed by atoms with Crippen LogP contribution in [0.1, 0.15) is 53.5 Å². The lowest BCUT2D eigenvalue weighted by molar-refractivity contribution is -0.119. The lowest BCUT2D eigenvalue weighted by atomic mass is 10.1. The van der Waals surface area contributed by atoms with Gasteiger partial charge in [0.25, 0.3) is 11.1 Å². The molecule has 0 radical (unpaired) electrons. The van der Waals surface area contributed by atoms with Crippen LogP contribution in [-0.2, 0) is 19.1 Å². The maximum Gasteiger partial charge on any atom is 0.280 e. The SMILES string of the molecule is CC(C)C(=O)Nc1nc2c(ncn2[C@@H]2O[C@H](CO)[C@@H](O)[C@H]2O)c(=O)[nH]1.CC[C@H]1O[C@@H](n2cnc3c(=O)[nH]c(NC(=O)C(C)C)nc32)[C@H](O)[C@@H]1O. The molecule has 0 spiro atoms. The Kier molecular flexibility index (Phi) is 10.8. The maximum absolute atomic E-state index is 12.2. The molecule has 272 valence electrons. The summed E-state index contributed by atoms with van der Waals surface area (Å²) in [7, 11) is 0. The number of aromatic nitrogens is 8. The van der Waals surface area contributed by atoms with Gasteiger partial charge in [0.05, 0.1) is 25.4 Å². The molecule has 2 aliphatic heterocycles. The minimum Gasteiger partial charge on any atom is -0.394 e. The van der Waals surface area contributed by atoms with Crippen molar-refractivity contribution in [2.45, 2.75) is 90.1 Å². The minimum atomic E-state index is -1.34. The Labute approximate surface area is 282 Å². The highest BCUT2D eigenvalue weighted by molar-refractivity contribution is 5.91. The number of fused-ring (bicyclic) bond motifs is 2. The van der Waals surface area contributed by atoms with Gasteiger partial charge in [-0.3, -0.25) is 48.9 Å². The average molecular weight is 705 g/mol. The second kappa shape index (κ2) is 14.7. The number of imidazole rings is 2. The molecule has 2 fully saturated rings. The first-order valence-electron chi connectivity index (χ1n) is 15.9. The van der Waals surface area contributed by atoms with Crippen LogP contribution in [0.25, 0.3) is 22.3 Å². The standard InChI is InChI=1S/C15H21N5O5.C14H19N5O6/c1-4-7-9(21)10(22)14(25-7)20-5-16-8-11(20)17-15(19-13(8)24)18-12(23)6(2)3;1-5(2)11(23)17-14-16-10-7(12(24)18-14)15-4-19(10)13-9(22)8(21)6(3-20)25-13/h5-7,9-10,14,21-22H,4H2,1-3H3,(H2,17,18,19,23,24);4-6,8-9,13,20-22H,3H2,1-2H3,(H2,16,17,18,23,24)/t7-,9-,10-,14-;6-,8-,9-,13-/m11/s1. The first-order chi connectivity index (χ1) is 23.7. The van der Waals surface area contributed by atoms with Gasteiger partial charge in [-0.15, -0.1) is 0 Å². The molecule has 21 heteroatoms. The van der Waals surface area contributed by atoms with Crippen LogP contribution in [-0.4, -0.2) is 120 Å². The van der Waals surface area contributed by atoms with E-state index < -0.39 is 66.8 Å². The van der Waals surface area contributed by atoms with Crippen LogP contribution in [0.4, 0.5) is 11.9 Å². The topological polar surface area (TPSA) is 305 Å². The Hall–Kier alpha value is -4.64. The summed E-state index contributed by atoms with van der Waals surface area (Å²) >= 11 is 0. The van der Waals surface area contributed by atoms with E-state index in [2.05, 4.69) is 40.5 Å². The van der Waals surface area contributed by atoms with Crippen LogP contribution in [0, 0.1) is 11.8 Å². The lowest BCUT2D eigenvalue weighted by Gasteiger charge is -2.16. The highest BCUT2D eigenvalue weighted by Gasteiger charge is 2.45. The number of aliphatic hydroxyl groups excluding tert-OH is 5. The number of aromatic amines is 2. The molecule has 6 rings (SSSR count). The second-order valence-corrected chi connectivity index (χ2v) is 12.4. The fourth-order valence-corrected chi connectivity index (χ4v) is 5.27. The molecule has 0 bridgehead atoms. The Balaban J connectivity index is 0.000000194. The number of amides is 2. The van der Waals surface area contributed by atoms with Gasteiger partial charge in [-0.05, 0) is 6.42 Å². The van der Waals surface area contributed by atoms with Crippen molar-refractivity contribution in [1.82, 2.24) is 39.0 Å². The van der Waals surface area contributed by atoms with Crippen molar-refractivity contribution >= 4 is 46.0 Å². The number of nitrogens with zero attached hydrogens (tertiary/aromatic N) is 6. The highest BCUT2D eigenvalue weighted by atomic mass is 16.6. The summed E-state index contributed by atoms with van der Waals surface area (Å²) in [5.41, 5.74) is -0.848. The van der Waals surface area contributed by atoms with Gasteiger partial charge in [-0.25, -0.2) is 9.97 Å². The van der Waals surface area contributed by atoms with E-state index >= 15 is 0 Å². The zero-order chi connectivity index (χ0) is 36.6. The lowest BCUT2D eigenvalue weighted by Crippen LogP contribution is -2.33. The third kappa shape index (κ3) is 7.01. The normalized spacial score (nSPS) is 26.5. The van der Waals surface area contributed by atoms with Crippen molar-refractivity contribution in [2.75, 3.05) is 17.2 Å². The number of carbonyl (C=O) groups is 2. The highest BCUT2D eigenvalue weighted by Crippen LogP contribution is 2.33. The van der Waals surface area contributed by atoms with Crippen LogP contribution >= 0.6 is 0 Å². The van der Waals surface area contributed by atoms with Crippen LogP contribution in [0.15, 0.2) is 22.2 Å². The summed E-state index contributed by atoms with van der Waals surface area (Å²) in [6.45, 7) is 8.16. The van der Waals surface area contributed by atoms with E-state index in [0.717, 1.165) is 0 Å². The molecular weight excluding hydrogens is 664 g/mol. The zero-order valence-corrected chi connectivity index (χ0v) is 27.7. The number of hydrogen-bond acceptors (Lipinski definition) is 15. The molecule has 2 saturated heterocycles. The van der Waals surface area contributed by atoms with E-state index in [1.807, 2.05) is 6.92 Å². The quantitative estimate of drug-likeness (QED) is 0.0965. The number of H-pyrrole nitrogens is 2. The van der Waals surface area contributed by atoms with Crippen molar-refractivity contribution < 1.29 is 44.6 Å². The number of aliphatic hydroxyl groups is 5. The van der Waals surface area contributed by atoms with Crippen molar-refractivity contribution in [1.29, 1.82) is 0 Å². The van der Waals surface area contributed by atoms with Crippen LogP contribution in [0.2, 0.25) is 0 Å². The molecule has 50 heavy (non-hydrogen) atoms. The fourth-order valence-electron chi connectivity index (χ4n) is 5.27. The average Bonchev–Trinajstić information content (AvgIpc) is 3.82. The van der Waals surface area contributed by atoms with Crippen molar-refractivity contribution in [3.63, 3.8) is 0 Å². The Morgan fingerprint density at radius 2 is 1.16 bits per heavy atom. The van der Waals surface area contributed by atoms with E-state index in [1.165, 1.54) is 21.8 Å². The molecule has 2 aliphatic rings. The molecule has 0 aliphatic carbocycles. The summed E-state index contributed by atoms with van der Waals surface area (Å²) in [4.78, 5) is 69.1. The minimum absolute atomic E-state index is 0.0136. The second-order valence-electron chi connectivity index (χ2n) is 12.4. The number of ether oxygens (including phenoxy) is 2. The number of hydrogen-bond donors (Lipinski definition) is 9. The molecule has 9 N–H and O–H groups in total. The molecule has 0 aromatic carbocycles. The smallest absolute Gasteiger partial charge is 0.280 e. The monoisotopic (exact) mass is 704 g/mol. The van der Waals surface area contributed by atoms with Gasteiger partial charge in [0.15, 0.2) is 34.8 Å². The molecule has 4 aromatic heterocycles. The van der Waals surface area contributed by atoms with Gasteiger partial charge < -0.3 is 35.0 Å². The summed E-state index contributed by atoms with van der Waals surface area (Å²) in [6.07, 6.45) is -5.30. The molecule has 4 aromatic rings. The Morgan fingerprint density at radius 3 is 1.50 bits per heavy atom. The van der Waals surface area contributed by atoms with Gasteiger partial charge in [0, 0.05) is 11.8 Å². The molecule has 6 heterocycles. The molecule has 0 saturated carbocycles. The fraction of sp³-hybridized carbons (Fsp3) is 0.586. The summed E-state index contributed by atoms with van der Waals surface area (Å²) in [6, 6.07) is 0. The van der Waals surface area contributed by atoms with Crippen LogP contribution in [0.5, 0.6) is 0 Å². The third-order valence-corrected chi connectivity index (χ3v) is 8.20. The molecule has 0 unspecified atom stereocenters. The predicted octanol–water partition coefficient (Wildman–Crippen LogP) is -1.93. The van der Waals surface area contributed by atoms with Crippen molar-refractivity contribution in [3.8, 4) is 0 Å². The first-order valence-corrected chi connectivity index (χ1v) is 15.9.